The van der Waals surface area contributed by atoms with E-state index >= 15 is 0 Å². The van der Waals surface area contributed by atoms with E-state index in [0.717, 1.165) is 22.3 Å². The van der Waals surface area contributed by atoms with Crippen LogP contribution in [-0.2, 0) is 16.0 Å². The summed E-state index contributed by atoms with van der Waals surface area (Å²) < 4.78 is 11.1. The van der Waals surface area contributed by atoms with Crippen molar-refractivity contribution in [1.82, 2.24) is 5.32 Å². The van der Waals surface area contributed by atoms with Gasteiger partial charge in [-0.2, -0.15) is 0 Å². The van der Waals surface area contributed by atoms with Crippen LogP contribution in [0.3, 0.4) is 0 Å². The fourth-order valence-corrected chi connectivity index (χ4v) is 3.32. The molecule has 156 valence electrons. The van der Waals surface area contributed by atoms with Crippen molar-refractivity contribution >= 4 is 5.91 Å². The Morgan fingerprint density at radius 1 is 1.17 bits per heavy atom. The predicted octanol–water partition coefficient (Wildman–Crippen LogP) is 1.16. The molecule has 4 atom stereocenters. The Hall–Kier alpha value is -2.45. The highest BCUT2D eigenvalue weighted by Crippen LogP contribution is 2.30. The van der Waals surface area contributed by atoms with Gasteiger partial charge in [0, 0.05) is 13.5 Å². The minimum absolute atomic E-state index is 0.0776. The van der Waals surface area contributed by atoms with Gasteiger partial charge in [-0.15, -0.1) is 0 Å². The predicted molar refractivity (Wildman–Crippen MR) is 107 cm³/mol. The third kappa shape index (κ3) is 5.33. The number of hydrogen-bond acceptors (Lipinski definition) is 6. The van der Waals surface area contributed by atoms with Gasteiger partial charge in [-0.3, -0.25) is 4.79 Å². The van der Waals surface area contributed by atoms with Crippen molar-refractivity contribution in [2.24, 2.45) is 0 Å². The number of carbonyl (C=O) groups is 1. The van der Waals surface area contributed by atoms with Crippen LogP contribution in [0.5, 0.6) is 5.75 Å². The van der Waals surface area contributed by atoms with E-state index in [4.69, 9.17) is 9.47 Å². The van der Waals surface area contributed by atoms with E-state index < -0.39 is 24.6 Å². The van der Waals surface area contributed by atoms with Crippen LogP contribution >= 0.6 is 0 Å². The minimum atomic E-state index is -1.36. The van der Waals surface area contributed by atoms with Crippen LogP contribution in [0.4, 0.5) is 0 Å². The summed E-state index contributed by atoms with van der Waals surface area (Å²) in [6.07, 6.45) is -4.27. The van der Waals surface area contributed by atoms with Crippen LogP contribution in [0.2, 0.25) is 0 Å². The first-order valence-electron chi connectivity index (χ1n) is 9.62. The lowest BCUT2D eigenvalue weighted by atomic mass is 9.96. The molecule has 0 bridgehead atoms. The zero-order valence-electron chi connectivity index (χ0n) is 16.5. The second kappa shape index (κ2) is 9.37. The zero-order chi connectivity index (χ0) is 21.0. The van der Waals surface area contributed by atoms with E-state index in [1.54, 1.807) is 6.07 Å². The quantitative estimate of drug-likeness (QED) is 0.579. The molecule has 1 saturated heterocycles. The van der Waals surface area contributed by atoms with E-state index in [9.17, 15) is 20.1 Å². The third-order valence-electron chi connectivity index (χ3n) is 4.89. The van der Waals surface area contributed by atoms with Gasteiger partial charge in [0.15, 0.2) is 0 Å². The van der Waals surface area contributed by atoms with Crippen molar-refractivity contribution < 1.29 is 29.6 Å². The van der Waals surface area contributed by atoms with Gasteiger partial charge in [0.05, 0.1) is 6.61 Å². The molecule has 2 aromatic carbocycles. The van der Waals surface area contributed by atoms with Crippen LogP contribution in [0.15, 0.2) is 42.5 Å². The third-order valence-corrected chi connectivity index (χ3v) is 4.89. The Morgan fingerprint density at radius 3 is 2.69 bits per heavy atom. The number of aryl methyl sites for hydroxylation is 1. The summed E-state index contributed by atoms with van der Waals surface area (Å²) in [6.45, 7) is 3.89. The number of rotatable bonds is 6. The smallest absolute Gasteiger partial charge is 0.228 e. The van der Waals surface area contributed by atoms with Crippen molar-refractivity contribution in [2.45, 2.75) is 44.9 Å². The number of aliphatic hydroxyl groups excluding tert-OH is 3. The molecule has 1 aliphatic rings. The molecular formula is C22H27NO6. The Labute approximate surface area is 169 Å². The molecule has 0 radical (unpaired) electrons. The standard InChI is InChI=1S/C22H27NO6/c1-13-4-3-5-16(10-13)18-11-17(7-6-15(18)8-9-23-14(2)24)29-22-21(27)20(26)19(25)12-28-22/h3-7,10-11,19-22,25-27H,8-9,12H2,1-2H3,(H,23,24)/t19-,20+,21+,22-/m0/s1. The normalized spacial score (nSPS) is 24.2. The summed E-state index contributed by atoms with van der Waals surface area (Å²) in [5, 5.41) is 32.4. The summed E-state index contributed by atoms with van der Waals surface area (Å²) in [5.74, 6) is 0.392. The maximum atomic E-state index is 11.2. The van der Waals surface area contributed by atoms with Crippen molar-refractivity contribution in [3.63, 3.8) is 0 Å². The van der Waals surface area contributed by atoms with E-state index in [0.29, 0.717) is 18.7 Å². The Kier molecular flexibility index (Phi) is 6.87. The first-order chi connectivity index (χ1) is 13.8. The molecule has 1 heterocycles. The Balaban J connectivity index is 1.85. The molecule has 1 aliphatic heterocycles. The van der Waals surface area contributed by atoms with Crippen molar-refractivity contribution in [1.29, 1.82) is 0 Å². The van der Waals surface area contributed by atoms with Crippen molar-refractivity contribution in [2.75, 3.05) is 13.2 Å². The van der Waals surface area contributed by atoms with Crippen LogP contribution in [0.25, 0.3) is 11.1 Å². The van der Waals surface area contributed by atoms with Crippen molar-refractivity contribution in [3.05, 3.63) is 53.6 Å². The second-order valence-corrected chi connectivity index (χ2v) is 7.29. The largest absolute Gasteiger partial charge is 0.462 e. The molecule has 0 saturated carbocycles. The summed E-state index contributed by atoms with van der Waals surface area (Å²) >= 11 is 0. The number of carbonyl (C=O) groups excluding carboxylic acids is 1. The second-order valence-electron chi connectivity index (χ2n) is 7.29. The Morgan fingerprint density at radius 2 is 1.97 bits per heavy atom. The fourth-order valence-electron chi connectivity index (χ4n) is 3.32. The summed E-state index contributed by atoms with van der Waals surface area (Å²) in [6, 6.07) is 13.6. The lowest BCUT2D eigenvalue weighted by Crippen LogP contribution is -2.54. The summed E-state index contributed by atoms with van der Waals surface area (Å²) in [4.78, 5) is 11.2. The zero-order valence-corrected chi connectivity index (χ0v) is 16.5. The van der Waals surface area contributed by atoms with Crippen molar-refractivity contribution in [3.8, 4) is 16.9 Å². The molecule has 0 aliphatic carbocycles. The average Bonchev–Trinajstić information content (AvgIpc) is 2.69. The van der Waals surface area contributed by atoms with Gasteiger partial charge in [0.25, 0.3) is 0 Å². The van der Waals surface area contributed by atoms with Crippen LogP contribution in [0, 0.1) is 6.92 Å². The molecular weight excluding hydrogens is 374 g/mol. The molecule has 4 N–H and O–H groups in total. The molecule has 29 heavy (non-hydrogen) atoms. The van der Waals surface area contributed by atoms with Gasteiger partial charge < -0.3 is 30.1 Å². The topological polar surface area (TPSA) is 108 Å². The maximum Gasteiger partial charge on any atom is 0.228 e. The first-order valence-corrected chi connectivity index (χ1v) is 9.62. The molecule has 7 nitrogen and oxygen atoms in total. The summed E-state index contributed by atoms with van der Waals surface area (Å²) in [7, 11) is 0. The average molecular weight is 401 g/mol. The number of nitrogens with one attached hydrogen (secondary N) is 1. The molecule has 1 fully saturated rings. The van der Waals surface area contributed by atoms with E-state index in [1.165, 1.54) is 6.92 Å². The van der Waals surface area contributed by atoms with E-state index in [-0.39, 0.29) is 12.5 Å². The van der Waals surface area contributed by atoms with Gasteiger partial charge in [0.1, 0.15) is 24.1 Å². The van der Waals surface area contributed by atoms with Crippen LogP contribution < -0.4 is 10.1 Å². The molecule has 7 heteroatoms. The van der Waals surface area contributed by atoms with E-state index in [1.807, 2.05) is 37.3 Å². The van der Waals surface area contributed by atoms with E-state index in [2.05, 4.69) is 11.4 Å². The number of ether oxygens (including phenoxy) is 2. The number of amides is 1. The first kappa shape index (κ1) is 21.3. The van der Waals surface area contributed by atoms with Gasteiger partial charge in [0.2, 0.25) is 12.2 Å². The van der Waals surface area contributed by atoms with Gasteiger partial charge >= 0.3 is 0 Å². The van der Waals surface area contributed by atoms with Crippen LogP contribution in [0.1, 0.15) is 18.1 Å². The maximum absolute atomic E-state index is 11.2. The molecule has 3 rings (SSSR count). The fraction of sp³-hybridized carbons (Fsp3) is 0.409. The van der Waals surface area contributed by atoms with Crippen LogP contribution in [-0.4, -0.2) is 59.0 Å². The van der Waals surface area contributed by atoms with Gasteiger partial charge in [-0.25, -0.2) is 0 Å². The summed E-state index contributed by atoms with van der Waals surface area (Å²) in [5.41, 5.74) is 4.11. The van der Waals surface area contributed by atoms with Gasteiger partial charge in [-0.05, 0) is 42.2 Å². The molecule has 0 spiro atoms. The number of hydrogen-bond donors (Lipinski definition) is 4. The molecule has 2 aromatic rings. The number of benzene rings is 2. The highest BCUT2D eigenvalue weighted by molar-refractivity contribution is 5.73. The monoisotopic (exact) mass is 401 g/mol. The highest BCUT2D eigenvalue weighted by atomic mass is 16.7. The minimum Gasteiger partial charge on any atom is -0.462 e. The molecule has 0 unspecified atom stereocenters. The SMILES string of the molecule is CC(=O)NCCc1ccc(O[C@@H]2OC[C@H](O)[C@@H](O)[C@H]2O)cc1-c1cccc(C)c1. The Bertz CT molecular complexity index is 855. The lowest BCUT2D eigenvalue weighted by molar-refractivity contribution is -0.242. The van der Waals surface area contributed by atoms with Gasteiger partial charge in [-0.1, -0.05) is 35.9 Å². The lowest BCUT2D eigenvalue weighted by Gasteiger charge is -2.35. The molecule has 0 aromatic heterocycles. The highest BCUT2D eigenvalue weighted by Gasteiger charge is 2.39. The molecule has 1 amide bonds. The number of aliphatic hydroxyl groups is 3.